The predicted octanol–water partition coefficient (Wildman–Crippen LogP) is 0.585. The molecule has 14 nitrogen and oxygen atoms in total. The van der Waals surface area contributed by atoms with E-state index >= 15 is 0 Å². The maximum Gasteiger partial charge on any atom is 0.352 e. The normalized spacial score (nSPS) is 18.8. The van der Waals surface area contributed by atoms with Crippen LogP contribution < -0.4 is 10.6 Å². The highest BCUT2D eigenvalue weighted by Crippen LogP contribution is 2.40. The monoisotopic (exact) mass is 607 g/mol. The Morgan fingerprint density at radius 3 is 2.61 bits per heavy atom. The van der Waals surface area contributed by atoms with E-state index in [1.807, 2.05) is 0 Å². The summed E-state index contributed by atoms with van der Waals surface area (Å²) in [6.07, 6.45) is -0.461. The van der Waals surface area contributed by atoms with Crippen molar-refractivity contribution in [2.75, 3.05) is 30.7 Å². The number of thioether (sulfide) groups is 1. The van der Waals surface area contributed by atoms with Gasteiger partial charge in [0.25, 0.3) is 11.8 Å². The lowest BCUT2D eigenvalue weighted by atomic mass is 10.0. The maximum atomic E-state index is 13.0. The summed E-state index contributed by atoms with van der Waals surface area (Å²) in [4.78, 5) is 81.9. The van der Waals surface area contributed by atoms with Gasteiger partial charge in [-0.15, -0.1) is 23.4 Å². The Morgan fingerprint density at radius 1 is 1.29 bits per heavy atom. The summed E-state index contributed by atoms with van der Waals surface area (Å²) in [5, 5.41) is 17.5. The molecule has 2 aliphatic rings. The highest BCUT2D eigenvalue weighted by molar-refractivity contribution is 8.00. The summed E-state index contributed by atoms with van der Waals surface area (Å²) >= 11 is 13.6. The molecule has 3 N–H and O–H groups in total. The zero-order valence-electron chi connectivity index (χ0n) is 19.6. The number of aliphatic carboxylic acids is 1. The number of oxime groups is 1. The largest absolute Gasteiger partial charge is 0.477 e. The second-order valence-corrected chi connectivity index (χ2v) is 10.6. The van der Waals surface area contributed by atoms with Crippen molar-refractivity contribution in [3.63, 3.8) is 0 Å². The van der Waals surface area contributed by atoms with Gasteiger partial charge in [-0.1, -0.05) is 28.1 Å². The van der Waals surface area contributed by atoms with Crippen LogP contribution in [-0.2, 0) is 38.3 Å². The van der Waals surface area contributed by atoms with E-state index in [1.54, 1.807) is 0 Å². The quantitative estimate of drug-likeness (QED) is 0.0795. The van der Waals surface area contributed by atoms with Crippen LogP contribution in [0.5, 0.6) is 0 Å². The molecule has 1 fully saturated rings. The molecule has 1 aromatic rings. The molecule has 38 heavy (non-hydrogen) atoms. The van der Waals surface area contributed by atoms with Gasteiger partial charge in [-0.2, -0.15) is 0 Å². The highest BCUT2D eigenvalue weighted by atomic mass is 35.5. The Balaban J connectivity index is 1.75. The average Bonchev–Trinajstić information content (AvgIpc) is 3.21. The number of alkyl halides is 1. The minimum absolute atomic E-state index is 0.00511. The molecule has 0 aliphatic carbocycles. The number of hydrogen-bond donors (Lipinski definition) is 3. The lowest BCUT2D eigenvalue weighted by Gasteiger charge is -2.49. The molecule has 2 aliphatic heterocycles. The number of carbonyl (C=O) groups excluding carboxylic acids is 5. The third-order valence-corrected chi connectivity index (χ3v) is 7.66. The Hall–Kier alpha value is -3.21. The maximum absolute atomic E-state index is 13.0. The second kappa shape index (κ2) is 12.6. The SMILES string of the molecule is CO/N=C(/C(=O)N[C@@H]1C(=O)N2C(C(=O)O)=C(COC(=O)CC(C)=O)CS[C@H]12)c1nc(NC(=O)CCl)sc1Cl. The first-order valence-corrected chi connectivity index (χ1v) is 13.3. The number of carbonyl (C=O) groups is 6. The molecule has 1 aromatic heterocycles. The number of thiazole rings is 1. The number of ketones is 1. The Labute approximate surface area is 232 Å². The number of anilines is 1. The molecular weight excluding hydrogens is 589 g/mol. The van der Waals surface area contributed by atoms with Gasteiger partial charge < -0.3 is 25.3 Å². The number of Topliss-reactive ketones (excluding diaryl/α,β-unsaturated/α-hetero) is 1. The first-order chi connectivity index (χ1) is 18.0. The molecule has 0 bridgehead atoms. The van der Waals surface area contributed by atoms with Crippen LogP contribution in [0, 0.1) is 0 Å². The van der Waals surface area contributed by atoms with Crippen LogP contribution in [0.15, 0.2) is 16.4 Å². The van der Waals surface area contributed by atoms with Crippen LogP contribution in [0.2, 0.25) is 4.34 Å². The summed E-state index contributed by atoms with van der Waals surface area (Å²) in [5.74, 6) is -5.08. The minimum atomic E-state index is -1.42. The van der Waals surface area contributed by atoms with E-state index in [1.165, 1.54) is 14.0 Å². The molecule has 0 radical (unpaired) electrons. The fourth-order valence-electron chi connectivity index (χ4n) is 3.36. The number of esters is 1. The Kier molecular flexibility index (Phi) is 9.70. The third kappa shape index (κ3) is 6.43. The molecule has 0 saturated carbocycles. The van der Waals surface area contributed by atoms with E-state index in [4.69, 9.17) is 32.8 Å². The second-order valence-electron chi connectivity index (χ2n) is 7.60. The van der Waals surface area contributed by atoms with Crippen molar-refractivity contribution in [3.8, 4) is 0 Å². The van der Waals surface area contributed by atoms with Crippen molar-refractivity contribution in [1.29, 1.82) is 0 Å². The highest BCUT2D eigenvalue weighted by Gasteiger charge is 2.54. The van der Waals surface area contributed by atoms with Gasteiger partial charge in [0.15, 0.2) is 10.8 Å². The standard InChI is InChI=1S/C20H19Cl2N5O9S2/c1-7(28)3-10(30)36-5-8-6-37-18-13(17(32)27(18)14(8)19(33)34)24-16(31)12(26-35-2)11-15(22)38-20(25-11)23-9(29)4-21/h13,18H,3-6H2,1-2H3,(H,24,31)(H,33,34)(H,23,25,29)/b26-12+/t13-,18-/m1/s1. The average molecular weight is 608 g/mol. The number of hydrogen-bond acceptors (Lipinski definition) is 12. The number of β-lactam (4-membered cyclic amide) rings is 1. The topological polar surface area (TPSA) is 194 Å². The fraction of sp³-hybridized carbons (Fsp3) is 0.400. The van der Waals surface area contributed by atoms with Crippen molar-refractivity contribution < 1.29 is 43.4 Å². The van der Waals surface area contributed by atoms with Crippen LogP contribution in [0.3, 0.4) is 0 Å². The van der Waals surface area contributed by atoms with Crippen LogP contribution in [0.25, 0.3) is 0 Å². The van der Waals surface area contributed by atoms with Gasteiger partial charge in [-0.3, -0.25) is 28.9 Å². The van der Waals surface area contributed by atoms with Crippen LogP contribution in [-0.4, -0.2) is 92.9 Å². The summed E-state index contributed by atoms with van der Waals surface area (Å²) in [7, 11) is 1.17. The zero-order chi connectivity index (χ0) is 28.1. The summed E-state index contributed by atoms with van der Waals surface area (Å²) in [6.45, 7) is 0.796. The molecule has 204 valence electrons. The fourth-order valence-corrected chi connectivity index (χ4v) is 5.82. The van der Waals surface area contributed by atoms with Crippen molar-refractivity contribution in [1.82, 2.24) is 15.2 Å². The zero-order valence-corrected chi connectivity index (χ0v) is 22.8. The smallest absolute Gasteiger partial charge is 0.352 e. The molecule has 3 amide bonds. The van der Waals surface area contributed by atoms with Gasteiger partial charge in [-0.05, 0) is 6.92 Å². The lowest BCUT2D eigenvalue weighted by molar-refractivity contribution is -0.150. The summed E-state index contributed by atoms with van der Waals surface area (Å²) in [5.41, 5.74) is -0.718. The van der Waals surface area contributed by atoms with Gasteiger partial charge in [-0.25, -0.2) is 9.78 Å². The Bertz CT molecular complexity index is 1270. The van der Waals surface area contributed by atoms with E-state index in [9.17, 15) is 33.9 Å². The first kappa shape index (κ1) is 29.3. The number of carboxylic acid groups (broad SMARTS) is 1. The number of rotatable bonds is 11. The molecule has 1 saturated heterocycles. The van der Waals surface area contributed by atoms with Crippen LogP contribution >= 0.6 is 46.3 Å². The van der Waals surface area contributed by atoms with Crippen molar-refractivity contribution in [3.05, 3.63) is 21.3 Å². The molecule has 2 atom stereocenters. The van der Waals surface area contributed by atoms with Gasteiger partial charge >= 0.3 is 11.9 Å². The molecule has 0 unspecified atom stereocenters. The number of nitrogens with one attached hydrogen (secondary N) is 2. The Morgan fingerprint density at radius 2 is 2.00 bits per heavy atom. The number of carboxylic acids is 1. The van der Waals surface area contributed by atoms with Crippen molar-refractivity contribution in [2.45, 2.75) is 24.8 Å². The van der Waals surface area contributed by atoms with E-state index in [-0.39, 0.29) is 43.8 Å². The molecule has 3 heterocycles. The number of ether oxygens (including phenoxy) is 1. The number of aromatic nitrogens is 1. The molecule has 18 heteroatoms. The lowest BCUT2D eigenvalue weighted by Crippen LogP contribution is -2.71. The van der Waals surface area contributed by atoms with Crippen molar-refractivity contribution >= 4 is 92.6 Å². The molecule has 0 spiro atoms. The first-order valence-electron chi connectivity index (χ1n) is 10.5. The minimum Gasteiger partial charge on any atom is -0.477 e. The van der Waals surface area contributed by atoms with E-state index in [0.717, 1.165) is 28.0 Å². The van der Waals surface area contributed by atoms with E-state index in [2.05, 4.69) is 20.8 Å². The summed E-state index contributed by atoms with van der Waals surface area (Å²) < 4.78 is 4.97. The predicted molar refractivity (Wildman–Crippen MR) is 136 cm³/mol. The number of nitrogens with zero attached hydrogens (tertiary/aromatic N) is 3. The van der Waals surface area contributed by atoms with Gasteiger partial charge in [0.1, 0.15) is 58.9 Å². The number of amides is 3. The number of halogens is 2. The van der Waals surface area contributed by atoms with Crippen LogP contribution in [0.4, 0.5) is 5.13 Å². The van der Waals surface area contributed by atoms with Crippen molar-refractivity contribution in [2.24, 2.45) is 5.16 Å². The number of fused-ring (bicyclic) bond motifs is 1. The van der Waals surface area contributed by atoms with E-state index < -0.39 is 59.9 Å². The molecular formula is C20H19Cl2N5O9S2. The molecule has 0 aromatic carbocycles. The molecule has 3 rings (SSSR count). The third-order valence-electron chi connectivity index (χ3n) is 4.91. The summed E-state index contributed by atoms with van der Waals surface area (Å²) in [6, 6.07) is -1.13. The van der Waals surface area contributed by atoms with Gasteiger partial charge in [0, 0.05) is 11.3 Å². The van der Waals surface area contributed by atoms with Gasteiger partial charge in [0.05, 0.1) is 0 Å². The van der Waals surface area contributed by atoms with Crippen LogP contribution in [0.1, 0.15) is 19.0 Å². The van der Waals surface area contributed by atoms with Gasteiger partial charge in [0.2, 0.25) is 5.91 Å². The van der Waals surface area contributed by atoms with E-state index in [0.29, 0.717) is 0 Å².